The molecule has 0 amide bonds. The van der Waals surface area contributed by atoms with Crippen LogP contribution in [0.1, 0.15) is 102 Å². The van der Waals surface area contributed by atoms with E-state index in [0.717, 1.165) is 23.4 Å². The Bertz CT molecular complexity index is 3390. The Morgan fingerprint density at radius 1 is 0.529 bits per heavy atom. The highest BCUT2D eigenvalue weighted by Gasteiger charge is 2.50. The van der Waals surface area contributed by atoms with Crippen LogP contribution in [0.15, 0.2) is 205 Å². The van der Waals surface area contributed by atoms with Crippen LogP contribution in [-0.2, 0) is 5.41 Å². The van der Waals surface area contributed by atoms with Gasteiger partial charge in [-0.1, -0.05) is 213 Å². The summed E-state index contributed by atoms with van der Waals surface area (Å²) < 4.78 is 1.42. The van der Waals surface area contributed by atoms with Gasteiger partial charge in [0, 0.05) is 43.1 Å². The third-order valence-electron chi connectivity index (χ3n) is 14.7. The van der Waals surface area contributed by atoms with Crippen LogP contribution in [0.4, 0.5) is 17.1 Å². The first-order valence-electron chi connectivity index (χ1n) is 26.1. The number of allylic oxidation sites excluding steroid dienone is 5. The summed E-state index contributed by atoms with van der Waals surface area (Å²) in [6, 6.07) is 64.7. The smallest absolute Gasteiger partial charge is 0.0546 e. The van der Waals surface area contributed by atoms with E-state index in [9.17, 15) is 0 Å². The Labute approximate surface area is 421 Å². The zero-order valence-corrected chi connectivity index (χ0v) is 43.2. The lowest BCUT2D eigenvalue weighted by Crippen LogP contribution is -2.16. The lowest BCUT2D eigenvalue weighted by Gasteiger charge is -2.29. The Morgan fingerprint density at radius 3 is 1.90 bits per heavy atom. The molecule has 2 fully saturated rings. The Kier molecular flexibility index (Phi) is 13.4. The van der Waals surface area contributed by atoms with E-state index in [-0.39, 0.29) is 5.41 Å². The van der Waals surface area contributed by atoms with Gasteiger partial charge in [0.15, 0.2) is 0 Å². The van der Waals surface area contributed by atoms with Crippen molar-refractivity contribution < 1.29 is 0 Å². The van der Waals surface area contributed by atoms with Crippen molar-refractivity contribution in [1.82, 2.24) is 0 Å². The normalized spacial score (nSPS) is 18.7. The van der Waals surface area contributed by atoms with Gasteiger partial charge in [0.2, 0.25) is 0 Å². The molecule has 0 aliphatic heterocycles. The quantitative estimate of drug-likeness (QED) is 0.155. The maximum Gasteiger partial charge on any atom is 0.0546 e. The average Bonchev–Trinajstić information content (AvgIpc) is 4.36. The molecule has 1 aromatic heterocycles. The van der Waals surface area contributed by atoms with Crippen LogP contribution in [0.2, 0.25) is 0 Å². The van der Waals surface area contributed by atoms with E-state index in [4.69, 9.17) is 0 Å². The molecule has 0 radical (unpaired) electrons. The first kappa shape index (κ1) is 47.0. The molecule has 0 bridgehead atoms. The predicted molar refractivity (Wildman–Crippen MR) is 307 cm³/mol. The number of benzene rings is 8. The van der Waals surface area contributed by atoms with E-state index in [1.807, 2.05) is 75.4 Å². The van der Waals surface area contributed by atoms with Gasteiger partial charge in [-0.15, -0.1) is 11.3 Å². The lowest BCUT2D eigenvalue weighted by atomic mass is 9.82. The summed E-state index contributed by atoms with van der Waals surface area (Å²) in [5.41, 5.74) is 16.2. The molecular formula is C68H67NS. The molecule has 5 aliphatic rings. The molecule has 14 rings (SSSR count). The number of rotatable bonds is 5. The van der Waals surface area contributed by atoms with E-state index < -0.39 is 0 Å². The van der Waals surface area contributed by atoms with Crippen LogP contribution in [0.25, 0.3) is 60.0 Å². The Balaban J connectivity index is 0.000000392. The van der Waals surface area contributed by atoms with Crippen molar-refractivity contribution in [3.8, 4) is 22.3 Å². The van der Waals surface area contributed by atoms with E-state index in [2.05, 4.69) is 196 Å². The second kappa shape index (κ2) is 19.9. The zero-order valence-electron chi connectivity index (χ0n) is 42.3. The molecule has 0 N–H and O–H groups in total. The average molecular weight is 930 g/mol. The van der Waals surface area contributed by atoms with E-state index >= 15 is 0 Å². The van der Waals surface area contributed by atoms with Crippen LogP contribution < -0.4 is 4.90 Å². The van der Waals surface area contributed by atoms with Crippen LogP contribution in [0, 0.1) is 17.8 Å². The maximum atomic E-state index is 2.59. The fourth-order valence-electron chi connectivity index (χ4n) is 11.3. The Hall–Kier alpha value is -6.74. The molecule has 70 heavy (non-hydrogen) atoms. The first-order chi connectivity index (χ1) is 34.4. The standard InChI is InChI=1S/C55H41NS.C6H6.C3H8.2C2H6/c1-55(2)50-17-8-7-14-41(50)42-24-23-37(29-51(42)55)56(52-28-35-10-3-4-12-38(35)39-13-5-6-15-43(39)52)36-21-18-32(19-22-36)33-20-25-53-47(26-33)49-30-45(46-31-48(46)54(49)57-53)40-16-9-11-34-27-44(34)40;1-2-4-6-5-3-1;1-3-2;2*1-2/h3-26,28-30,34,44,46,48H,27,31H2,1-2H3;1-6H;3H2,1-2H3;2*1-2H3. The summed E-state index contributed by atoms with van der Waals surface area (Å²) in [5, 5.41) is 6.48. The number of anilines is 3. The van der Waals surface area contributed by atoms with Gasteiger partial charge in [0.1, 0.15) is 0 Å². The largest absolute Gasteiger partial charge is 0.310 e. The topological polar surface area (TPSA) is 3.24 Å². The van der Waals surface area contributed by atoms with Crippen molar-refractivity contribution in [3.63, 3.8) is 0 Å². The molecule has 2 heteroatoms. The summed E-state index contributed by atoms with van der Waals surface area (Å²) in [7, 11) is 0. The van der Waals surface area contributed by atoms with Crippen molar-refractivity contribution in [2.24, 2.45) is 17.8 Å². The minimum absolute atomic E-state index is 0.0938. The number of nitrogens with zero attached hydrogens (tertiary/aromatic N) is 1. The summed E-state index contributed by atoms with van der Waals surface area (Å²) in [6.07, 6.45) is 13.7. The molecule has 0 spiro atoms. The van der Waals surface area contributed by atoms with Gasteiger partial charge >= 0.3 is 0 Å². The molecule has 350 valence electrons. The van der Waals surface area contributed by atoms with Crippen LogP contribution >= 0.6 is 11.3 Å². The van der Waals surface area contributed by atoms with E-state index in [1.54, 1.807) is 16.0 Å². The molecule has 1 nitrogen and oxygen atoms in total. The molecule has 5 aliphatic carbocycles. The SMILES string of the molecule is CC.CC.CC1(C)c2ccccc2-c2ccc(N(c3ccc(-c4ccc5sc6c(c5c4)C=C(C4=CC=CC5CC45)C4CC64)cc3)c3cc4ccccc4c4ccccc34)cc21.CCC.c1ccccc1. The van der Waals surface area contributed by atoms with Gasteiger partial charge in [-0.3, -0.25) is 0 Å². The van der Waals surface area contributed by atoms with Crippen molar-refractivity contribution in [2.75, 3.05) is 4.90 Å². The molecule has 0 saturated heterocycles. The molecule has 8 aromatic carbocycles. The third kappa shape index (κ3) is 8.45. The van der Waals surface area contributed by atoms with Crippen LogP contribution in [0.5, 0.6) is 0 Å². The van der Waals surface area contributed by atoms with Gasteiger partial charge in [0.25, 0.3) is 0 Å². The highest BCUT2D eigenvalue weighted by molar-refractivity contribution is 7.19. The monoisotopic (exact) mass is 929 g/mol. The van der Waals surface area contributed by atoms with Crippen LogP contribution in [-0.4, -0.2) is 0 Å². The van der Waals surface area contributed by atoms with E-state index in [0.29, 0.717) is 5.92 Å². The summed E-state index contributed by atoms with van der Waals surface area (Å²) in [4.78, 5) is 4.11. The van der Waals surface area contributed by atoms with Gasteiger partial charge in [-0.2, -0.15) is 0 Å². The van der Waals surface area contributed by atoms with Gasteiger partial charge in [0.05, 0.1) is 5.69 Å². The summed E-state index contributed by atoms with van der Waals surface area (Å²) >= 11 is 2.04. The predicted octanol–water partition coefficient (Wildman–Crippen LogP) is 20.4. The summed E-state index contributed by atoms with van der Waals surface area (Å²) in [6.45, 7) is 17.0. The summed E-state index contributed by atoms with van der Waals surface area (Å²) in [5.74, 6) is 2.97. The van der Waals surface area contributed by atoms with Crippen molar-refractivity contribution in [2.45, 2.75) is 86.0 Å². The first-order valence-corrected chi connectivity index (χ1v) is 26.9. The second-order valence-corrected chi connectivity index (χ2v) is 20.5. The zero-order chi connectivity index (χ0) is 48.5. The number of hydrogen-bond donors (Lipinski definition) is 0. The molecule has 4 unspecified atom stereocenters. The van der Waals surface area contributed by atoms with Gasteiger partial charge in [-0.05, 0) is 145 Å². The molecule has 1 heterocycles. The van der Waals surface area contributed by atoms with Gasteiger partial charge in [-0.25, -0.2) is 0 Å². The fraction of sp³-hybridized carbons (Fsp3) is 0.235. The molecule has 4 atom stereocenters. The van der Waals surface area contributed by atoms with Crippen molar-refractivity contribution in [3.05, 3.63) is 227 Å². The minimum Gasteiger partial charge on any atom is -0.310 e. The fourth-order valence-corrected chi connectivity index (χ4v) is 12.7. The highest BCUT2D eigenvalue weighted by atomic mass is 32.1. The second-order valence-electron chi connectivity index (χ2n) is 19.5. The Morgan fingerprint density at radius 2 is 1.16 bits per heavy atom. The number of hydrogen-bond acceptors (Lipinski definition) is 2. The van der Waals surface area contributed by atoms with Crippen LogP contribution in [0.3, 0.4) is 0 Å². The molecular weight excluding hydrogens is 863 g/mol. The van der Waals surface area contributed by atoms with Crippen molar-refractivity contribution >= 4 is 66.1 Å². The lowest BCUT2D eigenvalue weighted by molar-refractivity contribution is 0.660. The van der Waals surface area contributed by atoms with Crippen molar-refractivity contribution in [1.29, 1.82) is 0 Å². The third-order valence-corrected chi connectivity index (χ3v) is 16.0. The number of fused-ring (bicyclic) bond motifs is 12. The number of thiophene rings is 1. The maximum absolute atomic E-state index is 2.59. The van der Waals surface area contributed by atoms with E-state index in [1.165, 1.54) is 101 Å². The molecule has 2 saturated carbocycles. The van der Waals surface area contributed by atoms with Gasteiger partial charge < -0.3 is 4.90 Å². The molecule has 9 aromatic rings. The minimum atomic E-state index is -0.0938. The highest BCUT2D eigenvalue weighted by Crippen LogP contribution is 2.64.